The van der Waals surface area contributed by atoms with Crippen LogP contribution in [-0.4, -0.2) is 32.4 Å². The Hall–Kier alpha value is -1.82. The van der Waals surface area contributed by atoms with Gasteiger partial charge in [-0.1, -0.05) is 0 Å². The Bertz CT molecular complexity index is 451. The number of esters is 1. The number of ether oxygens (including phenoxy) is 3. The second-order valence-electron chi connectivity index (χ2n) is 3.97. The zero-order chi connectivity index (χ0) is 14.4. The van der Waals surface area contributed by atoms with Crippen molar-refractivity contribution < 1.29 is 23.4 Å². The number of benzene rings is 1. The highest BCUT2D eigenvalue weighted by molar-refractivity contribution is 5.95. The Morgan fingerprint density at radius 1 is 1.47 bits per heavy atom. The van der Waals surface area contributed by atoms with E-state index in [1.807, 2.05) is 0 Å². The number of nitrogen functional groups attached to an aromatic ring is 1. The van der Waals surface area contributed by atoms with Crippen molar-refractivity contribution in [3.05, 3.63) is 23.5 Å². The molecule has 0 saturated heterocycles. The van der Waals surface area contributed by atoms with Gasteiger partial charge >= 0.3 is 5.97 Å². The lowest BCUT2D eigenvalue weighted by Gasteiger charge is -2.15. The molecule has 2 N–H and O–H groups in total. The van der Waals surface area contributed by atoms with Crippen molar-refractivity contribution in [2.75, 3.05) is 26.1 Å². The van der Waals surface area contributed by atoms with Gasteiger partial charge in [0.15, 0.2) is 11.6 Å². The molecule has 1 aromatic carbocycles. The molecule has 1 rings (SSSR count). The van der Waals surface area contributed by atoms with Crippen LogP contribution in [0.5, 0.6) is 5.75 Å². The van der Waals surface area contributed by atoms with Crippen LogP contribution in [0.15, 0.2) is 12.1 Å². The lowest BCUT2D eigenvalue weighted by Crippen LogP contribution is -2.19. The molecule has 6 heteroatoms. The molecule has 106 valence electrons. The monoisotopic (exact) mass is 271 g/mol. The number of rotatable bonds is 6. The zero-order valence-electron chi connectivity index (χ0n) is 11.2. The van der Waals surface area contributed by atoms with Gasteiger partial charge in [0.2, 0.25) is 0 Å². The Labute approximate surface area is 111 Å². The average Bonchev–Trinajstić information content (AvgIpc) is 2.33. The molecular weight excluding hydrogens is 253 g/mol. The van der Waals surface area contributed by atoms with Gasteiger partial charge < -0.3 is 19.9 Å². The molecule has 0 bridgehead atoms. The van der Waals surface area contributed by atoms with Crippen LogP contribution in [0.2, 0.25) is 0 Å². The summed E-state index contributed by atoms with van der Waals surface area (Å²) in [5, 5.41) is 0. The normalized spacial score (nSPS) is 12.0. The first-order chi connectivity index (χ1) is 8.99. The van der Waals surface area contributed by atoms with E-state index in [-0.39, 0.29) is 29.7 Å². The summed E-state index contributed by atoms with van der Waals surface area (Å²) >= 11 is 0. The van der Waals surface area contributed by atoms with E-state index in [1.54, 1.807) is 13.8 Å². The van der Waals surface area contributed by atoms with E-state index < -0.39 is 11.8 Å². The van der Waals surface area contributed by atoms with Gasteiger partial charge in [0, 0.05) is 18.9 Å². The highest BCUT2D eigenvalue weighted by atomic mass is 19.1. The number of nitrogens with two attached hydrogens (primary N) is 1. The van der Waals surface area contributed by atoms with E-state index in [0.717, 1.165) is 6.07 Å². The van der Waals surface area contributed by atoms with E-state index in [9.17, 15) is 9.18 Å². The number of hydrogen-bond acceptors (Lipinski definition) is 5. The Morgan fingerprint density at radius 2 is 2.16 bits per heavy atom. The lowest BCUT2D eigenvalue weighted by atomic mass is 10.1. The van der Waals surface area contributed by atoms with Crippen LogP contribution < -0.4 is 10.5 Å². The highest BCUT2D eigenvalue weighted by Gasteiger charge is 2.17. The quantitative estimate of drug-likeness (QED) is 0.633. The summed E-state index contributed by atoms with van der Waals surface area (Å²) in [6, 6.07) is 2.29. The van der Waals surface area contributed by atoms with Gasteiger partial charge in [-0.05, 0) is 19.9 Å². The molecule has 0 heterocycles. The Kier molecular flexibility index (Phi) is 5.57. The maximum atomic E-state index is 13.7. The number of carbonyl (C=O) groups is 1. The van der Waals surface area contributed by atoms with E-state index in [2.05, 4.69) is 0 Å². The molecule has 19 heavy (non-hydrogen) atoms. The van der Waals surface area contributed by atoms with Gasteiger partial charge in [0.25, 0.3) is 0 Å². The average molecular weight is 271 g/mol. The molecular formula is C13H18FNO4. The topological polar surface area (TPSA) is 70.8 Å². The van der Waals surface area contributed by atoms with Crippen LogP contribution in [0.3, 0.4) is 0 Å². The van der Waals surface area contributed by atoms with Gasteiger partial charge in [0.1, 0.15) is 6.10 Å². The van der Waals surface area contributed by atoms with Gasteiger partial charge in [-0.25, -0.2) is 9.18 Å². The molecule has 0 radical (unpaired) electrons. The van der Waals surface area contributed by atoms with E-state index in [1.165, 1.54) is 13.2 Å². The van der Waals surface area contributed by atoms with Crippen molar-refractivity contribution in [1.29, 1.82) is 0 Å². The van der Waals surface area contributed by atoms with E-state index in [0.29, 0.717) is 6.61 Å². The number of anilines is 1. The molecule has 0 saturated carbocycles. The van der Waals surface area contributed by atoms with Gasteiger partial charge in [0.05, 0.1) is 18.8 Å². The molecule has 0 aliphatic heterocycles. The van der Waals surface area contributed by atoms with Crippen LogP contribution in [0.1, 0.15) is 24.2 Å². The fourth-order valence-electron chi connectivity index (χ4n) is 1.53. The minimum absolute atomic E-state index is 0.0164. The third-order valence-electron chi connectivity index (χ3n) is 2.33. The minimum atomic E-state index is -0.631. The molecule has 0 amide bonds. The van der Waals surface area contributed by atoms with Crippen LogP contribution in [-0.2, 0) is 9.47 Å². The largest absolute Gasteiger partial charge is 0.485 e. The van der Waals surface area contributed by atoms with Crippen molar-refractivity contribution in [2.24, 2.45) is 0 Å². The molecule has 1 aromatic rings. The molecule has 0 aliphatic rings. The summed E-state index contributed by atoms with van der Waals surface area (Å²) < 4.78 is 28.8. The van der Waals surface area contributed by atoms with Gasteiger partial charge in [-0.3, -0.25) is 0 Å². The highest BCUT2D eigenvalue weighted by Crippen LogP contribution is 2.25. The maximum absolute atomic E-state index is 13.7. The summed E-state index contributed by atoms with van der Waals surface area (Å²) in [6.45, 7) is 3.92. The van der Waals surface area contributed by atoms with Gasteiger partial charge in [-0.2, -0.15) is 0 Å². The summed E-state index contributed by atoms with van der Waals surface area (Å²) in [4.78, 5) is 11.6. The molecule has 1 unspecified atom stereocenters. The standard InChI is InChI=1S/C13H18FNO4/c1-4-18-13(16)9-5-12(10(14)6-11(9)15)19-8(2)7-17-3/h5-6,8H,4,7,15H2,1-3H3. The third kappa shape index (κ3) is 4.10. The van der Waals surface area contributed by atoms with E-state index in [4.69, 9.17) is 19.9 Å². The summed E-state index contributed by atoms with van der Waals surface area (Å²) in [6.07, 6.45) is -0.349. The molecule has 0 fully saturated rings. The summed E-state index contributed by atoms with van der Waals surface area (Å²) in [5.74, 6) is -1.29. The molecule has 5 nitrogen and oxygen atoms in total. The van der Waals surface area contributed by atoms with Crippen molar-refractivity contribution in [1.82, 2.24) is 0 Å². The van der Waals surface area contributed by atoms with Crippen LogP contribution >= 0.6 is 0 Å². The SMILES string of the molecule is CCOC(=O)c1cc(OC(C)COC)c(F)cc1N. The van der Waals surface area contributed by atoms with Crippen molar-refractivity contribution in [3.63, 3.8) is 0 Å². The first kappa shape index (κ1) is 15.2. The fourth-order valence-corrected chi connectivity index (χ4v) is 1.53. The summed E-state index contributed by atoms with van der Waals surface area (Å²) in [5.41, 5.74) is 5.69. The van der Waals surface area contributed by atoms with Crippen molar-refractivity contribution in [2.45, 2.75) is 20.0 Å². The zero-order valence-corrected chi connectivity index (χ0v) is 11.2. The molecule has 0 aliphatic carbocycles. The first-order valence-corrected chi connectivity index (χ1v) is 5.91. The molecule has 0 aromatic heterocycles. The van der Waals surface area contributed by atoms with Crippen LogP contribution in [0, 0.1) is 5.82 Å². The predicted octanol–water partition coefficient (Wildman–Crippen LogP) is 2.00. The van der Waals surface area contributed by atoms with Crippen molar-refractivity contribution >= 4 is 11.7 Å². The number of hydrogen-bond donors (Lipinski definition) is 1. The smallest absolute Gasteiger partial charge is 0.340 e. The second-order valence-corrected chi connectivity index (χ2v) is 3.97. The lowest BCUT2D eigenvalue weighted by molar-refractivity contribution is 0.0525. The first-order valence-electron chi connectivity index (χ1n) is 5.91. The maximum Gasteiger partial charge on any atom is 0.340 e. The third-order valence-corrected chi connectivity index (χ3v) is 2.33. The fraction of sp³-hybridized carbons (Fsp3) is 0.462. The number of methoxy groups -OCH3 is 1. The van der Waals surface area contributed by atoms with Crippen LogP contribution in [0.25, 0.3) is 0 Å². The number of carbonyl (C=O) groups excluding carboxylic acids is 1. The second kappa shape index (κ2) is 6.94. The molecule has 0 spiro atoms. The Balaban J connectivity index is 2.99. The van der Waals surface area contributed by atoms with Crippen molar-refractivity contribution in [3.8, 4) is 5.75 Å². The molecule has 1 atom stereocenters. The predicted molar refractivity (Wildman–Crippen MR) is 68.7 cm³/mol. The minimum Gasteiger partial charge on any atom is -0.485 e. The van der Waals surface area contributed by atoms with Gasteiger partial charge in [-0.15, -0.1) is 0 Å². The van der Waals surface area contributed by atoms with Crippen LogP contribution in [0.4, 0.5) is 10.1 Å². The number of halogens is 1. The van der Waals surface area contributed by atoms with E-state index >= 15 is 0 Å². The summed E-state index contributed by atoms with van der Waals surface area (Å²) in [7, 11) is 1.52. The Morgan fingerprint density at radius 3 is 2.74 bits per heavy atom.